The molecule has 11 heteroatoms. The van der Waals surface area contributed by atoms with Crippen LogP contribution in [0.15, 0.2) is 79.0 Å². The molecule has 5 aromatic rings. The Kier molecular flexibility index (Phi) is 9.68. The lowest BCUT2D eigenvalue weighted by molar-refractivity contribution is -0.137. The zero-order valence-electron chi connectivity index (χ0n) is 31.8. The smallest absolute Gasteiger partial charge is 0.407 e. The van der Waals surface area contributed by atoms with Gasteiger partial charge in [0.15, 0.2) is 0 Å². The van der Waals surface area contributed by atoms with Crippen LogP contribution in [0.4, 0.5) is 4.79 Å². The summed E-state index contributed by atoms with van der Waals surface area (Å²) >= 11 is 0. The summed E-state index contributed by atoms with van der Waals surface area (Å²) in [6, 6.07) is 22.1. The zero-order valence-corrected chi connectivity index (χ0v) is 31.8. The van der Waals surface area contributed by atoms with Gasteiger partial charge in [-0.05, 0) is 84.9 Å². The first-order chi connectivity index (χ1) is 26.6. The Balaban J connectivity index is 0.950. The number of alkyl carbamates (subject to hydrolysis) is 1. The second-order valence-corrected chi connectivity index (χ2v) is 15.8. The van der Waals surface area contributed by atoms with Gasteiger partial charge in [0.25, 0.3) is 5.91 Å². The van der Waals surface area contributed by atoms with Gasteiger partial charge in [0.1, 0.15) is 17.7 Å². The third kappa shape index (κ3) is 7.33. The van der Waals surface area contributed by atoms with Gasteiger partial charge < -0.3 is 29.8 Å². The summed E-state index contributed by atoms with van der Waals surface area (Å²) in [5.74, 6) is 8.46. The summed E-state index contributed by atoms with van der Waals surface area (Å²) < 4.78 is 4.82. The van der Waals surface area contributed by atoms with E-state index in [2.05, 4.69) is 50.9 Å². The molecule has 11 nitrogen and oxygen atoms in total. The van der Waals surface area contributed by atoms with Crippen LogP contribution < -0.4 is 5.32 Å². The molecule has 0 bridgehead atoms. The number of likely N-dealkylation sites (tertiary alicyclic amines) is 2. The maximum Gasteiger partial charge on any atom is 0.407 e. The van der Waals surface area contributed by atoms with Gasteiger partial charge in [0, 0.05) is 30.1 Å². The fourth-order valence-electron chi connectivity index (χ4n) is 8.00. The number of nitrogens with one attached hydrogen (secondary N) is 3. The van der Waals surface area contributed by atoms with Crippen molar-refractivity contribution in [1.29, 1.82) is 0 Å². The minimum Gasteiger partial charge on any atom is -0.453 e. The van der Waals surface area contributed by atoms with Crippen molar-refractivity contribution < 1.29 is 19.1 Å². The van der Waals surface area contributed by atoms with E-state index in [1.165, 1.54) is 20.0 Å². The topological polar surface area (TPSA) is 136 Å². The Bertz CT molecular complexity index is 2280. The average molecular weight is 738 g/mol. The Morgan fingerprint density at radius 1 is 0.891 bits per heavy atom. The minimum atomic E-state index is -0.871. The predicted octanol–water partition coefficient (Wildman–Crippen LogP) is 7.46. The van der Waals surface area contributed by atoms with Gasteiger partial charge in [-0.25, -0.2) is 14.8 Å². The number of ether oxygens (including phenoxy) is 1. The number of rotatable bonds is 8. The van der Waals surface area contributed by atoms with Crippen LogP contribution >= 0.6 is 0 Å². The highest BCUT2D eigenvalue weighted by atomic mass is 16.5. The highest BCUT2D eigenvalue weighted by Crippen LogP contribution is 2.58. The van der Waals surface area contributed by atoms with Crippen LogP contribution in [0.5, 0.6) is 0 Å². The third-order valence-electron chi connectivity index (χ3n) is 11.8. The molecule has 3 N–H and O–H groups in total. The first-order valence-corrected chi connectivity index (χ1v) is 19.3. The number of hydrogen-bond donors (Lipinski definition) is 3. The summed E-state index contributed by atoms with van der Waals surface area (Å²) in [5, 5.41) is 2.71. The molecule has 2 aliphatic heterocycles. The maximum atomic E-state index is 13.9. The van der Waals surface area contributed by atoms with Gasteiger partial charge in [-0.15, -0.1) is 0 Å². The fourth-order valence-corrected chi connectivity index (χ4v) is 8.00. The molecule has 3 aliphatic rings. The molecular weight excluding hydrogens is 691 g/mol. The van der Waals surface area contributed by atoms with Crippen molar-refractivity contribution in [3.05, 3.63) is 107 Å². The molecular formula is C44H47N7O4. The lowest BCUT2D eigenvalue weighted by atomic mass is 9.96. The van der Waals surface area contributed by atoms with Gasteiger partial charge in [0.05, 0.1) is 42.1 Å². The average Bonchev–Trinajstić information content (AvgIpc) is 3.69. The number of aromatic amines is 2. The molecule has 282 valence electrons. The molecule has 3 fully saturated rings. The van der Waals surface area contributed by atoms with E-state index >= 15 is 0 Å². The van der Waals surface area contributed by atoms with Crippen molar-refractivity contribution in [2.24, 2.45) is 17.3 Å². The molecule has 2 aromatic heterocycles. The van der Waals surface area contributed by atoms with Gasteiger partial charge in [0.2, 0.25) is 5.91 Å². The van der Waals surface area contributed by atoms with Crippen LogP contribution in [0.2, 0.25) is 0 Å². The SMILES string of the molecule is COC(=O)N[C@H](C(=O)N1CCC[C@H]1c1ncc(-c2ccc(C#Cc3ccc4nc([C@@H]5CC6(CC6)CN5C(=O)[C@@H](C)C(C)C)[nH]c4c3)cc2)[nH]1)c1ccccc1. The number of amides is 3. The first kappa shape index (κ1) is 36.1. The van der Waals surface area contributed by atoms with E-state index in [1.807, 2.05) is 79.7 Å². The second-order valence-electron chi connectivity index (χ2n) is 15.8. The number of imidazole rings is 2. The number of aromatic nitrogens is 4. The molecule has 1 saturated carbocycles. The second kappa shape index (κ2) is 14.7. The van der Waals surface area contributed by atoms with E-state index in [1.54, 1.807) is 11.1 Å². The van der Waals surface area contributed by atoms with E-state index in [0.717, 1.165) is 65.0 Å². The Morgan fingerprint density at radius 2 is 1.64 bits per heavy atom. The summed E-state index contributed by atoms with van der Waals surface area (Å²) in [6.45, 7) is 7.66. The van der Waals surface area contributed by atoms with Crippen LogP contribution in [-0.2, 0) is 14.3 Å². The number of carbonyl (C=O) groups excluding carboxylic acids is 3. The molecule has 2 saturated heterocycles. The molecule has 1 spiro atoms. The number of methoxy groups -OCH3 is 1. The Hall–Kier alpha value is -5.89. The van der Waals surface area contributed by atoms with Crippen molar-refractivity contribution in [1.82, 2.24) is 35.1 Å². The van der Waals surface area contributed by atoms with Gasteiger partial charge in [-0.3, -0.25) is 9.59 Å². The van der Waals surface area contributed by atoms with Gasteiger partial charge >= 0.3 is 6.09 Å². The Labute approximate surface area is 321 Å². The lowest BCUT2D eigenvalue weighted by Crippen LogP contribution is -2.42. The van der Waals surface area contributed by atoms with Crippen LogP contribution in [0.25, 0.3) is 22.3 Å². The van der Waals surface area contributed by atoms with Crippen molar-refractivity contribution in [2.45, 2.75) is 71.0 Å². The standard InChI is InChI=1S/C44H47N7O4/c1-27(2)28(3)41(52)51-26-44(20-21-44)24-37(51)40-46-33-19-16-30(23-34(33)47-40)13-12-29-14-17-31(18-15-29)35-25-45-39(48-35)36-11-8-22-50(36)42(53)38(49-43(54)55-4)32-9-6-5-7-10-32/h5-7,9-10,14-19,23,25,27-28,36-38H,8,11,20-22,24,26H2,1-4H3,(H,45,48)(H,46,47)(H,49,54)/t28-,36-,37-,38-/m0/s1. The number of hydrogen-bond acceptors (Lipinski definition) is 6. The van der Waals surface area contributed by atoms with Crippen LogP contribution in [-0.4, -0.2) is 67.8 Å². The Morgan fingerprint density at radius 3 is 2.36 bits per heavy atom. The molecule has 4 atom stereocenters. The zero-order chi connectivity index (χ0) is 38.3. The van der Waals surface area contributed by atoms with Crippen molar-refractivity contribution in [3.8, 4) is 23.1 Å². The van der Waals surface area contributed by atoms with E-state index in [-0.39, 0.29) is 35.2 Å². The van der Waals surface area contributed by atoms with Gasteiger partial charge in [-0.2, -0.15) is 0 Å². The van der Waals surface area contributed by atoms with Gasteiger partial charge in [-0.1, -0.05) is 75.1 Å². The molecule has 55 heavy (non-hydrogen) atoms. The molecule has 1 aliphatic carbocycles. The predicted molar refractivity (Wildman–Crippen MR) is 209 cm³/mol. The highest BCUT2D eigenvalue weighted by molar-refractivity contribution is 5.87. The molecule has 0 radical (unpaired) electrons. The summed E-state index contributed by atoms with van der Waals surface area (Å²) in [4.78, 5) is 60.0. The highest BCUT2D eigenvalue weighted by Gasteiger charge is 2.54. The molecule has 8 rings (SSSR count). The number of fused-ring (bicyclic) bond motifs is 1. The summed E-state index contributed by atoms with van der Waals surface area (Å²) in [6.07, 6.45) is 6.05. The largest absolute Gasteiger partial charge is 0.453 e. The lowest BCUT2D eigenvalue weighted by Gasteiger charge is -2.28. The van der Waals surface area contributed by atoms with Crippen LogP contribution in [0.1, 0.15) is 99.3 Å². The first-order valence-electron chi connectivity index (χ1n) is 19.3. The summed E-state index contributed by atoms with van der Waals surface area (Å²) in [5.41, 5.74) is 6.30. The van der Waals surface area contributed by atoms with E-state index in [9.17, 15) is 14.4 Å². The molecule has 3 aromatic carbocycles. The van der Waals surface area contributed by atoms with E-state index < -0.39 is 12.1 Å². The number of nitrogens with zero attached hydrogens (tertiary/aromatic N) is 4. The number of carbonyl (C=O) groups is 3. The molecule has 3 amide bonds. The normalized spacial score (nSPS) is 19.7. The minimum absolute atomic E-state index is 0.0216. The molecule has 0 unspecified atom stereocenters. The summed E-state index contributed by atoms with van der Waals surface area (Å²) in [7, 11) is 1.28. The van der Waals surface area contributed by atoms with E-state index in [0.29, 0.717) is 23.9 Å². The van der Waals surface area contributed by atoms with Crippen LogP contribution in [0, 0.1) is 29.1 Å². The maximum absolute atomic E-state index is 13.9. The van der Waals surface area contributed by atoms with Crippen molar-refractivity contribution in [2.75, 3.05) is 20.2 Å². The molecule has 4 heterocycles. The third-order valence-corrected chi connectivity index (χ3v) is 11.8. The number of H-pyrrole nitrogens is 2. The number of benzene rings is 3. The van der Waals surface area contributed by atoms with E-state index in [4.69, 9.17) is 9.72 Å². The quantitative estimate of drug-likeness (QED) is 0.142. The fraction of sp³-hybridized carbons (Fsp3) is 0.386. The van der Waals surface area contributed by atoms with Crippen molar-refractivity contribution in [3.63, 3.8) is 0 Å². The van der Waals surface area contributed by atoms with Crippen molar-refractivity contribution >= 4 is 28.9 Å². The van der Waals surface area contributed by atoms with Crippen LogP contribution in [0.3, 0.4) is 0 Å². The monoisotopic (exact) mass is 737 g/mol.